The maximum atomic E-state index is 12.9. The van der Waals surface area contributed by atoms with Gasteiger partial charge in [-0.2, -0.15) is 0 Å². The van der Waals surface area contributed by atoms with Gasteiger partial charge in [0.1, 0.15) is 0 Å². The maximum Gasteiger partial charge on any atom is 0.235 e. The number of hydrogen-bond acceptors (Lipinski definition) is 4. The lowest BCUT2D eigenvalue weighted by molar-refractivity contribution is -0.175. The lowest BCUT2D eigenvalue weighted by atomic mass is 9.61. The molecule has 3 N–H and O–H groups in total. The fraction of sp³-hybridized carbons (Fsp3) is 0.857. The number of amides is 1. The van der Waals surface area contributed by atoms with Crippen LogP contribution in [0.25, 0.3) is 0 Å². The second-order valence-corrected chi connectivity index (χ2v) is 7.27. The van der Waals surface area contributed by atoms with E-state index in [2.05, 4.69) is 6.92 Å². The highest BCUT2D eigenvalue weighted by molar-refractivity contribution is 7.80. The topological polar surface area (TPSA) is 75.8 Å². The van der Waals surface area contributed by atoms with Crippen molar-refractivity contribution in [2.75, 3.05) is 19.7 Å². The number of aliphatic hydroxyl groups excluding tert-OH is 1. The van der Waals surface area contributed by atoms with Crippen molar-refractivity contribution in [1.82, 2.24) is 4.90 Å². The average molecular weight is 300 g/mol. The molecule has 0 bridgehead atoms. The van der Waals surface area contributed by atoms with E-state index in [-0.39, 0.29) is 18.6 Å². The summed E-state index contributed by atoms with van der Waals surface area (Å²) in [7, 11) is 0. The molecule has 1 atom stereocenters. The van der Waals surface area contributed by atoms with Crippen LogP contribution in [0.15, 0.2) is 0 Å². The molecule has 2 aliphatic rings. The third-order valence-corrected chi connectivity index (χ3v) is 4.64. The van der Waals surface area contributed by atoms with E-state index in [1.54, 1.807) is 4.90 Å². The lowest BCUT2D eigenvalue weighted by Gasteiger charge is -2.50. The molecule has 2 rings (SSSR count). The van der Waals surface area contributed by atoms with Crippen molar-refractivity contribution in [1.29, 1.82) is 0 Å². The van der Waals surface area contributed by atoms with Gasteiger partial charge in [0.25, 0.3) is 0 Å². The summed E-state index contributed by atoms with van der Waals surface area (Å²) in [5.41, 5.74) is 4.70. The van der Waals surface area contributed by atoms with E-state index in [0.717, 1.165) is 12.8 Å². The van der Waals surface area contributed by atoms with Crippen molar-refractivity contribution in [3.05, 3.63) is 0 Å². The Kier molecular flexibility index (Phi) is 4.10. The molecule has 1 heterocycles. The van der Waals surface area contributed by atoms with E-state index in [1.807, 2.05) is 13.8 Å². The molecule has 1 aliphatic heterocycles. The van der Waals surface area contributed by atoms with Gasteiger partial charge in [-0.05, 0) is 32.6 Å². The molecule has 2 fully saturated rings. The molecule has 6 heteroatoms. The van der Waals surface area contributed by atoms with Crippen LogP contribution in [0.3, 0.4) is 0 Å². The smallest absolute Gasteiger partial charge is 0.235 e. The number of nitrogens with zero attached hydrogens (tertiary/aromatic N) is 1. The van der Waals surface area contributed by atoms with E-state index in [4.69, 9.17) is 22.7 Å². The Balaban J connectivity index is 2.17. The normalized spacial score (nSPS) is 36.3. The zero-order valence-corrected chi connectivity index (χ0v) is 13.2. The molecular weight excluding hydrogens is 276 g/mol. The van der Waals surface area contributed by atoms with Crippen LogP contribution in [0.4, 0.5) is 0 Å². The van der Waals surface area contributed by atoms with Gasteiger partial charge in [-0.1, -0.05) is 19.1 Å². The van der Waals surface area contributed by atoms with E-state index in [0.29, 0.717) is 24.0 Å². The van der Waals surface area contributed by atoms with Crippen LogP contribution in [-0.2, 0) is 9.53 Å². The van der Waals surface area contributed by atoms with Crippen molar-refractivity contribution in [3.8, 4) is 0 Å². The Bertz CT molecular complexity index is 419. The molecule has 5 nitrogen and oxygen atoms in total. The van der Waals surface area contributed by atoms with Crippen LogP contribution in [0.1, 0.15) is 33.6 Å². The molecule has 0 aromatic heterocycles. The van der Waals surface area contributed by atoms with Gasteiger partial charge < -0.3 is 20.5 Å². The molecule has 1 saturated carbocycles. The molecule has 0 radical (unpaired) electrons. The van der Waals surface area contributed by atoms with Gasteiger partial charge in [-0.3, -0.25) is 4.79 Å². The molecule has 1 saturated heterocycles. The van der Waals surface area contributed by atoms with Crippen LogP contribution >= 0.6 is 12.2 Å². The first-order valence-electron chi connectivity index (χ1n) is 7.08. The number of thiocarbonyl (C=S) groups is 1. The second kappa shape index (κ2) is 5.24. The Labute approximate surface area is 125 Å². The Morgan fingerprint density at radius 1 is 1.50 bits per heavy atom. The SMILES string of the molecule is CC1CC(C(=O)N2CC(CO)OC(C)(C)C2)(C(N)=S)C1. The van der Waals surface area contributed by atoms with Crippen LogP contribution in [0, 0.1) is 11.3 Å². The number of ether oxygens (including phenoxy) is 1. The Morgan fingerprint density at radius 3 is 2.55 bits per heavy atom. The highest BCUT2D eigenvalue weighted by Gasteiger charge is 2.53. The van der Waals surface area contributed by atoms with E-state index >= 15 is 0 Å². The summed E-state index contributed by atoms with van der Waals surface area (Å²) in [5, 5.41) is 9.33. The molecule has 114 valence electrons. The quantitative estimate of drug-likeness (QED) is 0.750. The van der Waals surface area contributed by atoms with E-state index < -0.39 is 11.0 Å². The van der Waals surface area contributed by atoms with Gasteiger partial charge in [0.05, 0.1) is 28.7 Å². The second-order valence-electron chi connectivity index (χ2n) is 6.83. The monoisotopic (exact) mass is 300 g/mol. The predicted molar refractivity (Wildman–Crippen MR) is 80.2 cm³/mol. The number of rotatable bonds is 3. The number of morpholine rings is 1. The summed E-state index contributed by atoms with van der Waals surface area (Å²) in [6.07, 6.45) is 1.11. The summed E-state index contributed by atoms with van der Waals surface area (Å²) in [4.78, 5) is 14.9. The molecule has 20 heavy (non-hydrogen) atoms. The molecule has 1 aliphatic carbocycles. The highest BCUT2D eigenvalue weighted by Crippen LogP contribution is 2.47. The first-order chi connectivity index (χ1) is 9.20. The third kappa shape index (κ3) is 2.69. The minimum absolute atomic E-state index is 0.00192. The highest BCUT2D eigenvalue weighted by atomic mass is 32.1. The van der Waals surface area contributed by atoms with E-state index in [1.165, 1.54) is 0 Å². The fourth-order valence-corrected chi connectivity index (χ4v) is 3.71. The van der Waals surface area contributed by atoms with Gasteiger partial charge in [0, 0.05) is 13.1 Å². The Hall–Kier alpha value is -0.720. The zero-order valence-electron chi connectivity index (χ0n) is 12.4. The molecule has 1 unspecified atom stereocenters. The number of carbonyl (C=O) groups excluding carboxylic acids is 1. The lowest BCUT2D eigenvalue weighted by Crippen LogP contribution is -2.63. The number of nitrogens with two attached hydrogens (primary N) is 1. The van der Waals surface area contributed by atoms with Gasteiger partial charge in [0.15, 0.2) is 0 Å². The standard InChI is InChI=1S/C14H24N2O3S/c1-9-4-14(5-9,11(15)20)12(18)16-6-10(7-17)19-13(2,3)8-16/h9-10,17H,4-8H2,1-3H3,(H2,15,20). The molecular formula is C14H24N2O3S. The van der Waals surface area contributed by atoms with E-state index in [9.17, 15) is 9.90 Å². The number of carbonyl (C=O) groups is 1. The summed E-state index contributed by atoms with van der Waals surface area (Å²) in [5.74, 6) is 0.473. The van der Waals surface area contributed by atoms with Gasteiger partial charge in [0.2, 0.25) is 5.91 Å². The number of hydrogen-bond donors (Lipinski definition) is 2. The first-order valence-corrected chi connectivity index (χ1v) is 7.49. The first kappa shape index (κ1) is 15.7. The zero-order chi connectivity index (χ0) is 15.1. The summed E-state index contributed by atoms with van der Waals surface area (Å²) >= 11 is 5.14. The summed E-state index contributed by atoms with van der Waals surface area (Å²) in [6.45, 7) is 6.75. The van der Waals surface area contributed by atoms with Crippen LogP contribution in [-0.4, -0.2) is 52.3 Å². The van der Waals surface area contributed by atoms with Crippen LogP contribution < -0.4 is 5.73 Å². The molecule has 0 aromatic carbocycles. The predicted octanol–water partition coefficient (Wildman–Crippen LogP) is 0.687. The molecule has 0 aromatic rings. The number of aliphatic hydroxyl groups is 1. The van der Waals surface area contributed by atoms with Crippen LogP contribution in [0.5, 0.6) is 0 Å². The summed E-state index contributed by atoms with van der Waals surface area (Å²) < 4.78 is 5.74. The largest absolute Gasteiger partial charge is 0.394 e. The minimum atomic E-state index is -0.678. The maximum absolute atomic E-state index is 12.9. The average Bonchev–Trinajstić information content (AvgIpc) is 2.31. The third-order valence-electron chi connectivity index (χ3n) is 4.25. The van der Waals surface area contributed by atoms with Crippen molar-refractivity contribution in [2.24, 2.45) is 17.1 Å². The fourth-order valence-electron chi connectivity index (χ4n) is 3.46. The molecule has 1 amide bonds. The Morgan fingerprint density at radius 2 is 2.10 bits per heavy atom. The van der Waals surface area contributed by atoms with Gasteiger partial charge in [-0.15, -0.1) is 0 Å². The minimum Gasteiger partial charge on any atom is -0.394 e. The van der Waals surface area contributed by atoms with Crippen LogP contribution in [0.2, 0.25) is 0 Å². The molecule has 0 spiro atoms. The van der Waals surface area contributed by atoms with Crippen molar-refractivity contribution in [3.63, 3.8) is 0 Å². The van der Waals surface area contributed by atoms with Crippen molar-refractivity contribution < 1.29 is 14.6 Å². The van der Waals surface area contributed by atoms with Gasteiger partial charge in [-0.25, -0.2) is 0 Å². The van der Waals surface area contributed by atoms with Crippen molar-refractivity contribution in [2.45, 2.75) is 45.3 Å². The summed E-state index contributed by atoms with van der Waals surface area (Å²) in [6, 6.07) is 0. The van der Waals surface area contributed by atoms with Gasteiger partial charge >= 0.3 is 0 Å². The van der Waals surface area contributed by atoms with Crippen molar-refractivity contribution >= 4 is 23.1 Å².